The Labute approximate surface area is 92.3 Å². The van der Waals surface area contributed by atoms with Gasteiger partial charge in [-0.2, -0.15) is 0 Å². The van der Waals surface area contributed by atoms with Crippen LogP contribution >= 0.6 is 15.9 Å². The molecule has 0 spiro atoms. The molecular formula is C11H14BrNO. The molecule has 14 heavy (non-hydrogen) atoms. The summed E-state index contributed by atoms with van der Waals surface area (Å²) in [5, 5.41) is 9.44. The molecule has 3 N–H and O–H groups in total. The van der Waals surface area contributed by atoms with Crippen LogP contribution in [0.4, 0.5) is 0 Å². The van der Waals surface area contributed by atoms with Crippen molar-refractivity contribution < 1.29 is 5.11 Å². The summed E-state index contributed by atoms with van der Waals surface area (Å²) in [6, 6.07) is 5.46. The van der Waals surface area contributed by atoms with Crippen LogP contribution in [-0.2, 0) is 5.41 Å². The van der Waals surface area contributed by atoms with Crippen molar-refractivity contribution in [1.29, 1.82) is 0 Å². The largest absolute Gasteiger partial charge is 0.508 e. The quantitative estimate of drug-likeness (QED) is 0.872. The monoisotopic (exact) mass is 255 g/mol. The van der Waals surface area contributed by atoms with Gasteiger partial charge >= 0.3 is 0 Å². The first-order valence-corrected chi connectivity index (χ1v) is 5.66. The average Bonchev–Trinajstić information content (AvgIpc) is 2.91. The number of benzene rings is 1. The van der Waals surface area contributed by atoms with Crippen LogP contribution in [0.3, 0.4) is 0 Å². The fourth-order valence-electron chi connectivity index (χ4n) is 2.00. The van der Waals surface area contributed by atoms with Crippen molar-refractivity contribution in [2.45, 2.75) is 24.7 Å². The van der Waals surface area contributed by atoms with E-state index < -0.39 is 0 Å². The summed E-state index contributed by atoms with van der Waals surface area (Å²) < 4.78 is 1.08. The van der Waals surface area contributed by atoms with E-state index in [0.29, 0.717) is 12.3 Å². The zero-order valence-electron chi connectivity index (χ0n) is 7.96. The molecule has 0 saturated heterocycles. The minimum absolute atomic E-state index is 0.242. The highest BCUT2D eigenvalue weighted by molar-refractivity contribution is 9.10. The number of halogens is 1. The molecule has 1 aliphatic carbocycles. The molecule has 0 radical (unpaired) electrons. The van der Waals surface area contributed by atoms with Gasteiger partial charge in [0.25, 0.3) is 0 Å². The summed E-state index contributed by atoms with van der Waals surface area (Å²) in [5.41, 5.74) is 7.06. The summed E-state index contributed by atoms with van der Waals surface area (Å²) in [5.74, 6) is 0.339. The Balaban J connectivity index is 2.35. The molecule has 0 atom stereocenters. The molecule has 1 fully saturated rings. The second-order valence-electron chi connectivity index (χ2n) is 3.98. The molecule has 1 aromatic rings. The molecule has 76 valence electrons. The van der Waals surface area contributed by atoms with Gasteiger partial charge in [0.15, 0.2) is 0 Å². The van der Waals surface area contributed by atoms with Crippen LogP contribution in [0.5, 0.6) is 5.75 Å². The smallest absolute Gasteiger partial charge is 0.115 e. The van der Waals surface area contributed by atoms with Gasteiger partial charge in [0.1, 0.15) is 5.75 Å². The van der Waals surface area contributed by atoms with Crippen LogP contribution in [-0.4, -0.2) is 11.7 Å². The fraction of sp³-hybridized carbons (Fsp3) is 0.455. The number of phenols is 1. The van der Waals surface area contributed by atoms with Crippen LogP contribution in [0.1, 0.15) is 24.8 Å². The van der Waals surface area contributed by atoms with Crippen molar-refractivity contribution in [1.82, 2.24) is 0 Å². The van der Waals surface area contributed by atoms with Crippen LogP contribution in [0.2, 0.25) is 0 Å². The van der Waals surface area contributed by atoms with Gasteiger partial charge in [0.2, 0.25) is 0 Å². The summed E-state index contributed by atoms with van der Waals surface area (Å²) in [7, 11) is 0. The van der Waals surface area contributed by atoms with Crippen LogP contribution < -0.4 is 5.73 Å². The Kier molecular flexibility index (Phi) is 2.54. The van der Waals surface area contributed by atoms with E-state index in [9.17, 15) is 5.11 Å². The first-order chi connectivity index (χ1) is 6.68. The maximum absolute atomic E-state index is 9.44. The Morgan fingerprint density at radius 1 is 1.43 bits per heavy atom. The second kappa shape index (κ2) is 3.55. The number of hydrogen-bond donors (Lipinski definition) is 2. The third-order valence-corrected chi connectivity index (χ3v) is 3.69. The molecule has 0 bridgehead atoms. The van der Waals surface area contributed by atoms with Crippen molar-refractivity contribution in [3.63, 3.8) is 0 Å². The van der Waals surface area contributed by atoms with Gasteiger partial charge in [-0.3, -0.25) is 0 Å². The third-order valence-electron chi connectivity index (χ3n) is 3.00. The maximum Gasteiger partial charge on any atom is 0.115 e. The first kappa shape index (κ1) is 9.99. The number of nitrogens with two attached hydrogens (primary N) is 1. The highest BCUT2D eigenvalue weighted by atomic mass is 79.9. The Morgan fingerprint density at radius 2 is 2.14 bits per heavy atom. The zero-order valence-corrected chi connectivity index (χ0v) is 9.55. The summed E-state index contributed by atoms with van der Waals surface area (Å²) in [6.45, 7) is 0.710. The van der Waals surface area contributed by atoms with Gasteiger partial charge in [-0.05, 0) is 55.0 Å². The van der Waals surface area contributed by atoms with Gasteiger partial charge in [0.05, 0.1) is 0 Å². The fourth-order valence-corrected chi connectivity index (χ4v) is 2.67. The molecule has 1 aliphatic rings. The second-order valence-corrected chi connectivity index (χ2v) is 4.84. The van der Waals surface area contributed by atoms with E-state index in [4.69, 9.17) is 5.73 Å². The molecule has 3 heteroatoms. The van der Waals surface area contributed by atoms with Crippen LogP contribution in [0, 0.1) is 0 Å². The lowest BCUT2D eigenvalue weighted by Gasteiger charge is -2.16. The van der Waals surface area contributed by atoms with E-state index in [0.717, 1.165) is 10.9 Å². The first-order valence-electron chi connectivity index (χ1n) is 4.87. The van der Waals surface area contributed by atoms with Crippen molar-refractivity contribution in [2.24, 2.45) is 5.73 Å². The number of hydrogen-bond acceptors (Lipinski definition) is 2. The average molecular weight is 256 g/mol. The highest BCUT2D eigenvalue weighted by Gasteiger charge is 2.44. The Hall–Kier alpha value is -0.540. The molecule has 1 saturated carbocycles. The maximum atomic E-state index is 9.44. The van der Waals surface area contributed by atoms with E-state index in [1.807, 2.05) is 12.1 Å². The van der Waals surface area contributed by atoms with Crippen LogP contribution in [0.25, 0.3) is 0 Å². The normalized spacial score (nSPS) is 18.1. The minimum Gasteiger partial charge on any atom is -0.508 e. The van der Waals surface area contributed by atoms with Crippen molar-refractivity contribution in [3.8, 4) is 5.75 Å². The lowest BCUT2D eigenvalue weighted by atomic mass is 9.92. The van der Waals surface area contributed by atoms with Crippen molar-refractivity contribution in [3.05, 3.63) is 28.2 Å². The summed E-state index contributed by atoms with van der Waals surface area (Å²) in [4.78, 5) is 0. The predicted molar refractivity (Wildman–Crippen MR) is 60.4 cm³/mol. The van der Waals surface area contributed by atoms with Gasteiger partial charge in [-0.1, -0.05) is 15.9 Å². The van der Waals surface area contributed by atoms with E-state index in [-0.39, 0.29) is 5.41 Å². The van der Waals surface area contributed by atoms with E-state index in [2.05, 4.69) is 15.9 Å². The lowest BCUT2D eigenvalue weighted by molar-refractivity contribution is 0.472. The van der Waals surface area contributed by atoms with Gasteiger partial charge in [0, 0.05) is 4.47 Å². The van der Waals surface area contributed by atoms with E-state index in [1.165, 1.54) is 18.4 Å². The van der Waals surface area contributed by atoms with Gasteiger partial charge in [-0.15, -0.1) is 0 Å². The predicted octanol–water partition coefficient (Wildman–Crippen LogP) is 2.54. The van der Waals surface area contributed by atoms with Gasteiger partial charge < -0.3 is 10.8 Å². The lowest BCUT2D eigenvalue weighted by Crippen LogP contribution is -2.13. The van der Waals surface area contributed by atoms with E-state index in [1.54, 1.807) is 6.07 Å². The van der Waals surface area contributed by atoms with Crippen LogP contribution in [0.15, 0.2) is 22.7 Å². The minimum atomic E-state index is 0.242. The zero-order chi connectivity index (χ0) is 10.2. The van der Waals surface area contributed by atoms with Crippen molar-refractivity contribution in [2.75, 3.05) is 6.54 Å². The standard InChI is InChI=1S/C11H14BrNO/c12-10-2-1-8(14)7-9(10)11(3-4-11)5-6-13/h1-2,7,14H,3-6,13H2. The molecule has 2 nitrogen and oxygen atoms in total. The SMILES string of the molecule is NCCC1(c2cc(O)ccc2Br)CC1. The highest BCUT2D eigenvalue weighted by Crippen LogP contribution is 2.53. The molecule has 2 rings (SSSR count). The van der Waals surface area contributed by atoms with Gasteiger partial charge in [-0.25, -0.2) is 0 Å². The molecule has 0 unspecified atom stereocenters. The number of rotatable bonds is 3. The van der Waals surface area contributed by atoms with E-state index >= 15 is 0 Å². The van der Waals surface area contributed by atoms with Crippen molar-refractivity contribution >= 4 is 15.9 Å². The molecule has 1 aromatic carbocycles. The molecule has 0 aliphatic heterocycles. The Morgan fingerprint density at radius 3 is 2.71 bits per heavy atom. The number of aromatic hydroxyl groups is 1. The Bertz CT molecular complexity index is 347. The summed E-state index contributed by atoms with van der Waals surface area (Å²) in [6.07, 6.45) is 3.38. The summed E-state index contributed by atoms with van der Waals surface area (Å²) >= 11 is 3.52. The molecule has 0 aromatic heterocycles. The topological polar surface area (TPSA) is 46.2 Å². The number of phenolic OH excluding ortho intramolecular Hbond substituents is 1. The molecule has 0 amide bonds. The molecule has 0 heterocycles. The molecular weight excluding hydrogens is 242 g/mol. The third kappa shape index (κ3) is 1.66.